The molecule has 2 amide bonds. The second kappa shape index (κ2) is 4.85. The lowest BCUT2D eigenvalue weighted by molar-refractivity contribution is -0.137. The van der Waals surface area contributed by atoms with Gasteiger partial charge in [0.2, 0.25) is 5.91 Å². The van der Waals surface area contributed by atoms with Crippen molar-refractivity contribution in [1.82, 2.24) is 4.90 Å². The first kappa shape index (κ1) is 13.6. The Morgan fingerprint density at radius 3 is 2.76 bits per heavy atom. The summed E-state index contributed by atoms with van der Waals surface area (Å²) in [6.07, 6.45) is 0.356. The van der Waals surface area contributed by atoms with E-state index in [2.05, 4.69) is 0 Å². The molecule has 21 heavy (non-hydrogen) atoms. The fraction of sp³-hybridized carbons (Fsp3) is 0.357. The normalized spacial score (nSPS) is 24.6. The Bertz CT molecular complexity index is 630. The van der Waals surface area contributed by atoms with E-state index in [1.807, 2.05) is 0 Å². The third-order valence-corrected chi connectivity index (χ3v) is 3.86. The summed E-state index contributed by atoms with van der Waals surface area (Å²) >= 11 is 0. The molecule has 0 aromatic heterocycles. The number of carboxylic acids is 1. The van der Waals surface area contributed by atoms with Gasteiger partial charge in [-0.3, -0.25) is 19.3 Å². The molecule has 7 nitrogen and oxygen atoms in total. The molecule has 0 spiro atoms. The summed E-state index contributed by atoms with van der Waals surface area (Å²) in [5.74, 6) is -1.78. The van der Waals surface area contributed by atoms with Crippen LogP contribution in [0.25, 0.3) is 0 Å². The molecular weight excluding hydrogens is 274 g/mol. The van der Waals surface area contributed by atoms with Crippen LogP contribution < -0.4 is 10.6 Å². The van der Waals surface area contributed by atoms with Crippen molar-refractivity contribution in [1.29, 1.82) is 0 Å². The van der Waals surface area contributed by atoms with Crippen LogP contribution >= 0.6 is 0 Å². The summed E-state index contributed by atoms with van der Waals surface area (Å²) < 4.78 is 0. The van der Waals surface area contributed by atoms with E-state index in [1.165, 1.54) is 4.90 Å². The molecule has 1 saturated heterocycles. The van der Waals surface area contributed by atoms with Crippen LogP contribution in [0.2, 0.25) is 0 Å². The highest BCUT2D eigenvalue weighted by Crippen LogP contribution is 2.31. The van der Waals surface area contributed by atoms with E-state index >= 15 is 0 Å². The molecule has 2 atom stereocenters. The molecule has 0 radical (unpaired) electrons. The van der Waals surface area contributed by atoms with Gasteiger partial charge >= 0.3 is 5.97 Å². The van der Waals surface area contributed by atoms with Gasteiger partial charge in [-0.1, -0.05) is 12.1 Å². The fourth-order valence-electron chi connectivity index (χ4n) is 2.97. The van der Waals surface area contributed by atoms with E-state index in [0.29, 0.717) is 24.2 Å². The summed E-state index contributed by atoms with van der Waals surface area (Å²) in [4.78, 5) is 38.9. The molecule has 0 saturated carbocycles. The Balaban J connectivity index is 2.12. The van der Waals surface area contributed by atoms with Crippen LogP contribution in [0.3, 0.4) is 0 Å². The second-order valence-corrected chi connectivity index (χ2v) is 5.30. The molecule has 1 aromatic rings. The molecule has 2 unspecified atom stereocenters. The smallest absolute Gasteiger partial charge is 0.323 e. The van der Waals surface area contributed by atoms with Crippen molar-refractivity contribution in [3.05, 3.63) is 29.8 Å². The standard InChI is InChI=1S/C14H15N3O4/c15-8-5-11-14(21)17(7-12(18)19)10-4-2-1-3-9(10)13(20)16(11)6-8/h1-4,8,11H,5-7,15H2,(H,18,19). The third kappa shape index (κ3) is 2.15. The fourth-order valence-corrected chi connectivity index (χ4v) is 2.97. The molecular formula is C14H15N3O4. The molecule has 0 aliphatic carbocycles. The highest BCUT2D eigenvalue weighted by atomic mass is 16.4. The quantitative estimate of drug-likeness (QED) is 0.775. The first-order valence-corrected chi connectivity index (χ1v) is 6.68. The lowest BCUT2D eigenvalue weighted by Gasteiger charge is -2.24. The van der Waals surface area contributed by atoms with Gasteiger partial charge in [-0.25, -0.2) is 0 Å². The Labute approximate surface area is 120 Å². The molecule has 3 N–H and O–H groups in total. The molecule has 0 bridgehead atoms. The van der Waals surface area contributed by atoms with Crippen molar-refractivity contribution in [2.45, 2.75) is 18.5 Å². The molecule has 1 aromatic carbocycles. The van der Waals surface area contributed by atoms with E-state index in [4.69, 9.17) is 10.8 Å². The van der Waals surface area contributed by atoms with Gasteiger partial charge in [0.05, 0.1) is 11.3 Å². The first-order valence-electron chi connectivity index (χ1n) is 6.68. The van der Waals surface area contributed by atoms with Crippen molar-refractivity contribution in [2.24, 2.45) is 5.73 Å². The minimum atomic E-state index is -1.12. The number of nitrogens with zero attached hydrogens (tertiary/aromatic N) is 2. The number of aliphatic carboxylic acids is 1. The molecule has 2 aliphatic heterocycles. The Morgan fingerprint density at radius 1 is 1.33 bits per heavy atom. The maximum Gasteiger partial charge on any atom is 0.323 e. The maximum absolute atomic E-state index is 12.6. The lowest BCUT2D eigenvalue weighted by Crippen LogP contribution is -2.46. The topological polar surface area (TPSA) is 104 Å². The number of benzene rings is 1. The van der Waals surface area contributed by atoms with E-state index < -0.39 is 18.6 Å². The average Bonchev–Trinajstić information content (AvgIpc) is 2.82. The van der Waals surface area contributed by atoms with Gasteiger partial charge in [0.25, 0.3) is 5.91 Å². The number of para-hydroxylation sites is 1. The zero-order valence-electron chi connectivity index (χ0n) is 11.2. The van der Waals surface area contributed by atoms with Crippen LogP contribution in [0.15, 0.2) is 24.3 Å². The SMILES string of the molecule is NC1CC2C(=O)N(CC(=O)O)c3ccccc3C(=O)N2C1. The summed E-state index contributed by atoms with van der Waals surface area (Å²) in [5.41, 5.74) is 6.54. The lowest BCUT2D eigenvalue weighted by atomic mass is 10.1. The van der Waals surface area contributed by atoms with Gasteiger partial charge in [0.1, 0.15) is 12.6 Å². The van der Waals surface area contributed by atoms with E-state index in [9.17, 15) is 14.4 Å². The average molecular weight is 289 g/mol. The molecule has 3 rings (SSSR count). The Kier molecular flexibility index (Phi) is 3.13. The zero-order chi connectivity index (χ0) is 15.1. The molecule has 2 heterocycles. The first-order chi connectivity index (χ1) is 9.99. The van der Waals surface area contributed by atoms with Crippen LogP contribution in [0.4, 0.5) is 5.69 Å². The third-order valence-electron chi connectivity index (χ3n) is 3.86. The van der Waals surface area contributed by atoms with Crippen LogP contribution in [0, 0.1) is 0 Å². The van der Waals surface area contributed by atoms with Crippen molar-refractivity contribution in [3.63, 3.8) is 0 Å². The predicted molar refractivity (Wildman–Crippen MR) is 73.8 cm³/mol. The largest absolute Gasteiger partial charge is 0.480 e. The Morgan fingerprint density at radius 2 is 2.05 bits per heavy atom. The van der Waals surface area contributed by atoms with Crippen molar-refractivity contribution >= 4 is 23.5 Å². The van der Waals surface area contributed by atoms with Gasteiger partial charge in [0, 0.05) is 12.6 Å². The zero-order valence-corrected chi connectivity index (χ0v) is 11.2. The van der Waals surface area contributed by atoms with Crippen molar-refractivity contribution in [3.8, 4) is 0 Å². The van der Waals surface area contributed by atoms with Crippen LogP contribution in [0.5, 0.6) is 0 Å². The molecule has 1 fully saturated rings. The summed E-state index contributed by atoms with van der Waals surface area (Å²) in [5, 5.41) is 9.04. The summed E-state index contributed by atoms with van der Waals surface area (Å²) in [6.45, 7) is -0.160. The number of rotatable bonds is 2. The monoisotopic (exact) mass is 289 g/mol. The number of fused-ring (bicyclic) bond motifs is 2. The Hall–Kier alpha value is -2.41. The van der Waals surface area contributed by atoms with Crippen molar-refractivity contribution in [2.75, 3.05) is 18.0 Å². The van der Waals surface area contributed by atoms with E-state index in [-0.39, 0.29) is 17.9 Å². The minimum absolute atomic E-state index is 0.264. The number of anilines is 1. The molecule has 110 valence electrons. The highest BCUT2D eigenvalue weighted by molar-refractivity contribution is 6.12. The maximum atomic E-state index is 12.6. The number of amides is 2. The van der Waals surface area contributed by atoms with Crippen LogP contribution in [-0.2, 0) is 9.59 Å². The molecule has 7 heteroatoms. The highest BCUT2D eigenvalue weighted by Gasteiger charge is 2.44. The number of nitrogens with two attached hydrogens (primary N) is 1. The summed E-state index contributed by atoms with van der Waals surface area (Å²) in [7, 11) is 0. The minimum Gasteiger partial charge on any atom is -0.480 e. The number of carboxylic acid groups (broad SMARTS) is 1. The van der Waals surface area contributed by atoms with Gasteiger partial charge < -0.3 is 15.7 Å². The van der Waals surface area contributed by atoms with E-state index in [1.54, 1.807) is 24.3 Å². The number of hydrogen-bond acceptors (Lipinski definition) is 4. The van der Waals surface area contributed by atoms with Crippen LogP contribution in [0.1, 0.15) is 16.8 Å². The second-order valence-electron chi connectivity index (χ2n) is 5.30. The van der Waals surface area contributed by atoms with Gasteiger partial charge in [0.15, 0.2) is 0 Å². The number of hydrogen-bond donors (Lipinski definition) is 2. The van der Waals surface area contributed by atoms with Crippen molar-refractivity contribution < 1.29 is 19.5 Å². The molecule has 2 aliphatic rings. The summed E-state index contributed by atoms with van der Waals surface area (Å²) in [6, 6.07) is 5.62. The number of carbonyl (C=O) groups is 3. The predicted octanol–water partition coefficient (Wildman–Crippen LogP) is -0.340. The number of carbonyl (C=O) groups excluding carboxylic acids is 2. The van der Waals surface area contributed by atoms with Gasteiger partial charge in [-0.2, -0.15) is 0 Å². The van der Waals surface area contributed by atoms with E-state index in [0.717, 1.165) is 4.90 Å². The van der Waals surface area contributed by atoms with Crippen LogP contribution in [-0.4, -0.2) is 53.0 Å². The van der Waals surface area contributed by atoms with Gasteiger partial charge in [-0.15, -0.1) is 0 Å². The van der Waals surface area contributed by atoms with Gasteiger partial charge in [-0.05, 0) is 18.6 Å².